The molecule has 108 valence electrons. The third kappa shape index (κ3) is 2.19. The summed E-state index contributed by atoms with van der Waals surface area (Å²) >= 11 is 0. The highest BCUT2D eigenvalue weighted by Gasteiger charge is 2.54. The number of hydrogen-bond donors (Lipinski definition) is 0. The maximum absolute atomic E-state index is 13.0. The van der Waals surface area contributed by atoms with Crippen LogP contribution in [0.5, 0.6) is 5.75 Å². The van der Waals surface area contributed by atoms with Gasteiger partial charge in [-0.1, -0.05) is 25.1 Å². The Kier molecular flexibility index (Phi) is 3.45. The zero-order valence-corrected chi connectivity index (χ0v) is 12.4. The molecule has 0 radical (unpaired) electrons. The Labute approximate surface area is 120 Å². The van der Waals surface area contributed by atoms with E-state index in [9.17, 15) is 4.79 Å². The van der Waals surface area contributed by atoms with Crippen molar-refractivity contribution in [3.63, 3.8) is 0 Å². The number of nitrogens with zero attached hydrogens (tertiary/aromatic N) is 1. The molecule has 1 saturated carbocycles. The number of piperidine rings is 1. The molecule has 1 unspecified atom stereocenters. The third-order valence-corrected chi connectivity index (χ3v) is 4.73. The van der Waals surface area contributed by atoms with Gasteiger partial charge in [-0.05, 0) is 37.7 Å². The molecule has 3 rings (SSSR count). The highest BCUT2D eigenvalue weighted by atomic mass is 16.5. The predicted octanol–water partition coefficient (Wildman–Crippen LogP) is 2.99. The second-order valence-electron chi connectivity index (χ2n) is 6.28. The lowest BCUT2D eigenvalue weighted by atomic mass is 9.91. The minimum Gasteiger partial charge on any atom is -0.496 e. The molecule has 1 aromatic rings. The molecular weight excluding hydrogens is 250 g/mol. The van der Waals surface area contributed by atoms with Crippen LogP contribution in [0.1, 0.15) is 38.2 Å². The normalized spacial score (nSPS) is 24.3. The number of hydrogen-bond acceptors (Lipinski definition) is 2. The number of ether oxygens (including phenoxy) is 1. The lowest BCUT2D eigenvalue weighted by Crippen LogP contribution is -2.44. The maximum atomic E-state index is 13.0. The van der Waals surface area contributed by atoms with Gasteiger partial charge in [0.15, 0.2) is 0 Å². The van der Waals surface area contributed by atoms with E-state index in [1.54, 1.807) is 7.11 Å². The molecule has 1 aliphatic heterocycles. The van der Waals surface area contributed by atoms with E-state index in [0.717, 1.165) is 43.7 Å². The van der Waals surface area contributed by atoms with Crippen LogP contribution in [-0.4, -0.2) is 31.0 Å². The van der Waals surface area contributed by atoms with Crippen molar-refractivity contribution in [2.75, 3.05) is 20.2 Å². The summed E-state index contributed by atoms with van der Waals surface area (Å²) in [7, 11) is 1.68. The van der Waals surface area contributed by atoms with Crippen molar-refractivity contribution in [3.05, 3.63) is 29.8 Å². The van der Waals surface area contributed by atoms with Crippen molar-refractivity contribution >= 4 is 5.91 Å². The van der Waals surface area contributed by atoms with E-state index in [2.05, 4.69) is 17.9 Å². The molecule has 1 aliphatic carbocycles. The van der Waals surface area contributed by atoms with Crippen LogP contribution in [0.2, 0.25) is 0 Å². The van der Waals surface area contributed by atoms with E-state index in [4.69, 9.17) is 4.74 Å². The molecule has 1 saturated heterocycles. The molecule has 20 heavy (non-hydrogen) atoms. The number of amides is 1. The second-order valence-corrected chi connectivity index (χ2v) is 6.28. The number of benzene rings is 1. The first-order valence-corrected chi connectivity index (χ1v) is 7.60. The number of likely N-dealkylation sites (tertiary alicyclic amines) is 1. The first-order chi connectivity index (χ1) is 9.67. The van der Waals surface area contributed by atoms with Crippen molar-refractivity contribution in [2.45, 2.75) is 38.0 Å². The Hall–Kier alpha value is -1.51. The molecular formula is C17H23NO2. The summed E-state index contributed by atoms with van der Waals surface area (Å²) in [5, 5.41) is 0. The summed E-state index contributed by atoms with van der Waals surface area (Å²) < 4.78 is 5.46. The van der Waals surface area contributed by atoms with Gasteiger partial charge in [-0.3, -0.25) is 4.79 Å². The standard InChI is InChI=1S/C17H23NO2/c1-13-6-5-11-18(12-13)16(19)17(9-10-17)14-7-3-4-8-15(14)20-2/h3-4,7-8,13H,5-6,9-12H2,1-2H3. The largest absolute Gasteiger partial charge is 0.496 e. The molecule has 1 heterocycles. The van der Waals surface area contributed by atoms with Crippen molar-refractivity contribution in [1.29, 1.82) is 0 Å². The Bertz CT molecular complexity index is 507. The van der Waals surface area contributed by atoms with Gasteiger partial charge in [-0.15, -0.1) is 0 Å². The molecule has 3 nitrogen and oxygen atoms in total. The lowest BCUT2D eigenvalue weighted by Gasteiger charge is -2.34. The highest BCUT2D eigenvalue weighted by molar-refractivity contribution is 5.92. The minimum absolute atomic E-state index is 0.302. The second kappa shape index (κ2) is 5.12. The summed E-state index contributed by atoms with van der Waals surface area (Å²) in [5.41, 5.74) is 0.773. The predicted molar refractivity (Wildman–Crippen MR) is 78.9 cm³/mol. The molecule has 2 aliphatic rings. The number of carbonyl (C=O) groups is 1. The smallest absolute Gasteiger partial charge is 0.233 e. The SMILES string of the molecule is COc1ccccc1C1(C(=O)N2CCCC(C)C2)CC1. The molecule has 1 aromatic carbocycles. The minimum atomic E-state index is -0.302. The summed E-state index contributed by atoms with van der Waals surface area (Å²) in [6.07, 6.45) is 4.29. The van der Waals surface area contributed by atoms with E-state index < -0.39 is 0 Å². The Morgan fingerprint density at radius 3 is 2.75 bits per heavy atom. The van der Waals surface area contributed by atoms with E-state index in [1.165, 1.54) is 6.42 Å². The van der Waals surface area contributed by atoms with Gasteiger partial charge in [0.2, 0.25) is 5.91 Å². The Morgan fingerprint density at radius 1 is 1.35 bits per heavy atom. The maximum Gasteiger partial charge on any atom is 0.233 e. The van der Waals surface area contributed by atoms with Gasteiger partial charge < -0.3 is 9.64 Å². The Balaban J connectivity index is 1.86. The van der Waals surface area contributed by atoms with Gasteiger partial charge in [0, 0.05) is 18.7 Å². The van der Waals surface area contributed by atoms with Crippen LogP contribution in [0.15, 0.2) is 24.3 Å². The van der Waals surface area contributed by atoms with Crippen LogP contribution in [-0.2, 0) is 10.2 Å². The molecule has 3 heteroatoms. The van der Waals surface area contributed by atoms with Gasteiger partial charge in [0.25, 0.3) is 0 Å². The molecule has 1 amide bonds. The first kappa shape index (κ1) is 13.5. The first-order valence-electron chi connectivity index (χ1n) is 7.60. The summed E-state index contributed by atoms with van der Waals surface area (Å²) in [6.45, 7) is 4.07. The van der Waals surface area contributed by atoms with Crippen molar-refractivity contribution < 1.29 is 9.53 Å². The molecule has 0 N–H and O–H groups in total. The quantitative estimate of drug-likeness (QED) is 0.847. The van der Waals surface area contributed by atoms with Crippen LogP contribution < -0.4 is 4.74 Å². The van der Waals surface area contributed by atoms with Gasteiger partial charge in [0.1, 0.15) is 5.75 Å². The average Bonchev–Trinajstić information content (AvgIpc) is 3.28. The van der Waals surface area contributed by atoms with Crippen LogP contribution in [0.25, 0.3) is 0 Å². The van der Waals surface area contributed by atoms with E-state index in [-0.39, 0.29) is 5.41 Å². The van der Waals surface area contributed by atoms with Crippen molar-refractivity contribution in [2.24, 2.45) is 5.92 Å². The monoisotopic (exact) mass is 273 g/mol. The van der Waals surface area contributed by atoms with Gasteiger partial charge in [0.05, 0.1) is 12.5 Å². The summed E-state index contributed by atoms with van der Waals surface area (Å²) in [6, 6.07) is 7.98. The highest BCUT2D eigenvalue weighted by Crippen LogP contribution is 2.52. The van der Waals surface area contributed by atoms with Crippen LogP contribution in [0.4, 0.5) is 0 Å². The summed E-state index contributed by atoms with van der Waals surface area (Å²) in [4.78, 5) is 15.0. The van der Waals surface area contributed by atoms with Crippen molar-refractivity contribution in [1.82, 2.24) is 4.90 Å². The molecule has 2 fully saturated rings. The fourth-order valence-electron chi connectivity index (χ4n) is 3.44. The fourth-order valence-corrected chi connectivity index (χ4v) is 3.44. The van der Waals surface area contributed by atoms with E-state index in [0.29, 0.717) is 11.8 Å². The van der Waals surface area contributed by atoms with Gasteiger partial charge >= 0.3 is 0 Å². The van der Waals surface area contributed by atoms with Gasteiger partial charge in [-0.25, -0.2) is 0 Å². The summed E-state index contributed by atoms with van der Waals surface area (Å²) in [5.74, 6) is 1.79. The van der Waals surface area contributed by atoms with E-state index >= 15 is 0 Å². The topological polar surface area (TPSA) is 29.5 Å². The number of para-hydroxylation sites is 1. The third-order valence-electron chi connectivity index (χ3n) is 4.73. The fraction of sp³-hybridized carbons (Fsp3) is 0.588. The molecule has 0 aromatic heterocycles. The van der Waals surface area contributed by atoms with Crippen LogP contribution in [0, 0.1) is 5.92 Å². The van der Waals surface area contributed by atoms with Crippen molar-refractivity contribution in [3.8, 4) is 5.75 Å². The Morgan fingerprint density at radius 2 is 2.10 bits per heavy atom. The molecule has 0 bridgehead atoms. The zero-order valence-electron chi connectivity index (χ0n) is 12.4. The number of carbonyl (C=O) groups excluding carboxylic acids is 1. The number of rotatable bonds is 3. The molecule has 0 spiro atoms. The van der Waals surface area contributed by atoms with E-state index in [1.807, 2.05) is 18.2 Å². The van der Waals surface area contributed by atoms with Crippen LogP contribution in [0.3, 0.4) is 0 Å². The molecule has 1 atom stereocenters. The van der Waals surface area contributed by atoms with Gasteiger partial charge in [-0.2, -0.15) is 0 Å². The lowest BCUT2D eigenvalue weighted by molar-refractivity contribution is -0.135. The number of methoxy groups -OCH3 is 1. The zero-order chi connectivity index (χ0) is 14.2. The van der Waals surface area contributed by atoms with Crippen LogP contribution >= 0.6 is 0 Å². The average molecular weight is 273 g/mol.